The first kappa shape index (κ1) is 23.2. The summed E-state index contributed by atoms with van der Waals surface area (Å²) < 4.78 is 7.16. The van der Waals surface area contributed by atoms with Crippen LogP contribution >= 0.6 is 15.9 Å². The van der Waals surface area contributed by atoms with Crippen LogP contribution in [0.2, 0.25) is 0 Å². The van der Waals surface area contributed by atoms with Crippen molar-refractivity contribution >= 4 is 27.7 Å². The Labute approximate surface area is 193 Å². The Balaban J connectivity index is 1.60. The molecule has 1 unspecified atom stereocenters. The Hall–Kier alpha value is -2.43. The normalized spacial score (nSPS) is 15.1. The number of anilines is 1. The third-order valence-corrected chi connectivity index (χ3v) is 6.28. The number of ether oxygens (including phenoxy) is 1. The predicted octanol–water partition coefficient (Wildman–Crippen LogP) is 4.48. The van der Waals surface area contributed by atoms with Gasteiger partial charge in [0.25, 0.3) is 0 Å². The van der Waals surface area contributed by atoms with Gasteiger partial charge in [-0.3, -0.25) is 4.79 Å². The largest absolute Gasteiger partial charge is 0.360 e. The van der Waals surface area contributed by atoms with Gasteiger partial charge in [0.15, 0.2) is 0 Å². The quantitative estimate of drug-likeness (QED) is 0.496. The number of hydrogen-bond acceptors (Lipinski definition) is 5. The highest BCUT2D eigenvalue weighted by Crippen LogP contribution is 2.49. The van der Waals surface area contributed by atoms with E-state index in [1.54, 1.807) is 12.3 Å². The summed E-state index contributed by atoms with van der Waals surface area (Å²) in [6.45, 7) is 8.17. The highest BCUT2D eigenvalue weighted by atomic mass is 79.9. The first-order valence-corrected chi connectivity index (χ1v) is 11.5. The highest BCUT2D eigenvalue weighted by molar-refractivity contribution is 9.10. The average molecular weight is 485 g/mol. The third kappa shape index (κ3) is 5.63. The molecule has 3 rings (SSSR count). The molecule has 2 aromatic rings. The maximum Gasteiger partial charge on any atom is 0.248 e. The van der Waals surface area contributed by atoms with Crippen LogP contribution in [0.5, 0.6) is 0 Å². The molecule has 7 heteroatoms. The molecule has 1 fully saturated rings. The molecule has 1 aliphatic carbocycles. The van der Waals surface area contributed by atoms with Gasteiger partial charge in [-0.05, 0) is 63.4 Å². The molecule has 1 heterocycles. The molecule has 0 bridgehead atoms. The second-order valence-electron chi connectivity index (χ2n) is 7.88. The zero-order valence-corrected chi connectivity index (χ0v) is 19.9. The molecule has 31 heavy (non-hydrogen) atoms. The fourth-order valence-electron chi connectivity index (χ4n) is 3.84. The number of pyridine rings is 1. The molecule has 6 nitrogen and oxygen atoms in total. The van der Waals surface area contributed by atoms with Gasteiger partial charge in [0.05, 0.1) is 11.2 Å². The van der Waals surface area contributed by atoms with Crippen LogP contribution in [-0.4, -0.2) is 48.1 Å². The van der Waals surface area contributed by atoms with Crippen molar-refractivity contribution in [1.82, 2.24) is 9.88 Å². The Kier molecular flexibility index (Phi) is 7.69. The summed E-state index contributed by atoms with van der Waals surface area (Å²) in [6, 6.07) is 13.9. The summed E-state index contributed by atoms with van der Waals surface area (Å²) >= 11 is 3.52. The number of halogens is 1. The van der Waals surface area contributed by atoms with Crippen LogP contribution in [0.25, 0.3) is 0 Å². The monoisotopic (exact) mass is 484 g/mol. The van der Waals surface area contributed by atoms with Crippen molar-refractivity contribution < 1.29 is 9.53 Å². The van der Waals surface area contributed by atoms with Crippen molar-refractivity contribution in [2.45, 2.75) is 45.3 Å². The lowest BCUT2D eigenvalue weighted by Crippen LogP contribution is -2.46. The summed E-state index contributed by atoms with van der Waals surface area (Å²) in [5.41, 5.74) is 1.33. The molecule has 0 aliphatic heterocycles. The molecule has 0 N–H and O–H groups in total. The van der Waals surface area contributed by atoms with Crippen LogP contribution in [0.1, 0.15) is 44.7 Å². The van der Waals surface area contributed by atoms with Crippen LogP contribution in [-0.2, 0) is 15.1 Å². The van der Waals surface area contributed by atoms with E-state index in [2.05, 4.69) is 57.9 Å². The second-order valence-corrected chi connectivity index (χ2v) is 8.79. The molecule has 1 aromatic carbocycles. The fraction of sp³-hybridized carbons (Fsp3) is 0.458. The van der Waals surface area contributed by atoms with E-state index in [0.717, 1.165) is 35.2 Å². The minimum Gasteiger partial charge on any atom is -0.360 e. The van der Waals surface area contributed by atoms with Crippen molar-refractivity contribution in [3.05, 3.63) is 58.2 Å². The number of carbonyl (C=O) groups excluding carboxylic acids is 1. The van der Waals surface area contributed by atoms with Gasteiger partial charge in [0, 0.05) is 36.3 Å². The van der Waals surface area contributed by atoms with E-state index in [1.807, 2.05) is 30.0 Å². The van der Waals surface area contributed by atoms with Gasteiger partial charge in [0.2, 0.25) is 5.91 Å². The van der Waals surface area contributed by atoms with Gasteiger partial charge in [-0.15, -0.1) is 0 Å². The smallest absolute Gasteiger partial charge is 0.248 e. The molecular weight excluding hydrogens is 456 g/mol. The lowest BCUT2D eigenvalue weighted by atomic mass is 10.1. The maximum absolute atomic E-state index is 12.9. The zero-order chi connectivity index (χ0) is 22.4. The van der Waals surface area contributed by atoms with Crippen molar-refractivity contribution in [2.75, 3.05) is 31.1 Å². The Bertz CT molecular complexity index is 937. The second kappa shape index (κ2) is 10.3. The van der Waals surface area contributed by atoms with Crippen molar-refractivity contribution in [3.8, 4) is 6.07 Å². The van der Waals surface area contributed by atoms with E-state index in [-0.39, 0.29) is 24.2 Å². The summed E-state index contributed by atoms with van der Waals surface area (Å²) in [5, 5.41) is 8.98. The number of hydrogen-bond donors (Lipinski definition) is 0. The van der Waals surface area contributed by atoms with Crippen molar-refractivity contribution in [1.29, 1.82) is 5.26 Å². The molecule has 1 atom stereocenters. The van der Waals surface area contributed by atoms with Crippen molar-refractivity contribution in [2.24, 2.45) is 0 Å². The third-order valence-electron chi connectivity index (χ3n) is 5.79. The number of benzene rings is 1. The number of nitriles is 1. The number of carbonyl (C=O) groups is 1. The number of aromatic nitrogens is 1. The number of amides is 1. The van der Waals surface area contributed by atoms with E-state index in [4.69, 9.17) is 10.00 Å². The van der Waals surface area contributed by atoms with Crippen LogP contribution in [0, 0.1) is 11.3 Å². The predicted molar refractivity (Wildman–Crippen MR) is 125 cm³/mol. The zero-order valence-electron chi connectivity index (χ0n) is 18.3. The molecule has 0 spiro atoms. The minimum absolute atomic E-state index is 0.000498. The Morgan fingerprint density at radius 1 is 1.29 bits per heavy atom. The summed E-state index contributed by atoms with van der Waals surface area (Å²) in [7, 11) is 0. The molecule has 1 saturated carbocycles. The average Bonchev–Trinajstić information content (AvgIpc) is 3.58. The van der Waals surface area contributed by atoms with Gasteiger partial charge in [0.1, 0.15) is 18.5 Å². The SMILES string of the molecule is CCN(CC(C)N(CC)c1ccc(C#N)cn1)C(=O)COC1(c2cccc(Br)c2)CC1. The van der Waals surface area contributed by atoms with Crippen LogP contribution in [0.15, 0.2) is 47.1 Å². The summed E-state index contributed by atoms with van der Waals surface area (Å²) in [6.07, 6.45) is 3.46. The molecule has 1 aliphatic rings. The van der Waals surface area contributed by atoms with E-state index in [9.17, 15) is 4.79 Å². The molecule has 0 radical (unpaired) electrons. The Morgan fingerprint density at radius 2 is 2.06 bits per heavy atom. The van der Waals surface area contributed by atoms with Gasteiger partial charge >= 0.3 is 0 Å². The number of nitrogens with zero attached hydrogens (tertiary/aromatic N) is 4. The molecule has 0 saturated heterocycles. The maximum atomic E-state index is 12.9. The van der Waals surface area contributed by atoms with E-state index < -0.39 is 0 Å². The Morgan fingerprint density at radius 3 is 2.61 bits per heavy atom. The van der Waals surface area contributed by atoms with E-state index in [1.165, 1.54) is 0 Å². The van der Waals surface area contributed by atoms with Gasteiger partial charge in [-0.25, -0.2) is 4.98 Å². The fourth-order valence-corrected chi connectivity index (χ4v) is 4.24. The van der Waals surface area contributed by atoms with Crippen LogP contribution in [0.3, 0.4) is 0 Å². The lowest BCUT2D eigenvalue weighted by Gasteiger charge is -2.33. The topological polar surface area (TPSA) is 69.5 Å². The first-order chi connectivity index (χ1) is 14.9. The minimum atomic E-state index is -0.327. The van der Waals surface area contributed by atoms with E-state index >= 15 is 0 Å². The standard InChI is InChI=1S/C24H29BrN4O2/c1-4-28(16-18(3)29(5-2)22-10-9-19(14-26)15-27-22)23(30)17-31-24(11-12-24)20-7-6-8-21(25)13-20/h6-10,13,15,18H,4-5,11-12,16-17H2,1-3H3. The van der Waals surface area contributed by atoms with Crippen molar-refractivity contribution in [3.63, 3.8) is 0 Å². The molecular formula is C24H29BrN4O2. The highest BCUT2D eigenvalue weighted by Gasteiger charge is 2.46. The van der Waals surface area contributed by atoms with Gasteiger partial charge in [-0.1, -0.05) is 28.1 Å². The summed E-state index contributed by atoms with van der Waals surface area (Å²) in [5.74, 6) is 0.805. The molecule has 1 aromatic heterocycles. The number of likely N-dealkylation sites (N-methyl/N-ethyl adjacent to an activating group) is 2. The van der Waals surface area contributed by atoms with E-state index in [0.29, 0.717) is 18.7 Å². The van der Waals surface area contributed by atoms with Gasteiger partial charge < -0.3 is 14.5 Å². The lowest BCUT2D eigenvalue weighted by molar-refractivity contribution is -0.139. The molecule has 1 amide bonds. The summed E-state index contributed by atoms with van der Waals surface area (Å²) in [4.78, 5) is 21.3. The van der Waals surface area contributed by atoms with Crippen LogP contribution in [0.4, 0.5) is 5.82 Å². The molecule has 164 valence electrons. The number of rotatable bonds is 10. The van der Waals surface area contributed by atoms with Crippen LogP contribution < -0.4 is 4.90 Å². The first-order valence-electron chi connectivity index (χ1n) is 10.7. The van der Waals surface area contributed by atoms with Gasteiger partial charge in [-0.2, -0.15) is 5.26 Å².